The van der Waals surface area contributed by atoms with E-state index in [1.165, 1.54) is 17.4 Å². The Morgan fingerprint density at radius 1 is 1.23 bits per heavy atom. The van der Waals surface area contributed by atoms with Crippen molar-refractivity contribution in [2.45, 2.75) is 38.7 Å². The maximum atomic E-state index is 13.1. The fraction of sp³-hybridized carbons (Fsp3) is 0.419. The molecule has 1 N–H and O–H groups in total. The molecule has 0 radical (unpaired) electrons. The molecule has 0 spiro atoms. The first-order valence-electron chi connectivity index (χ1n) is 14.2. The number of benzene rings is 1. The molecule has 0 atom stereocenters. The van der Waals surface area contributed by atoms with Crippen LogP contribution in [0.1, 0.15) is 59.3 Å². The number of pyridine rings is 1. The average molecular weight is 634 g/mol. The number of nitrogens with one attached hydrogen (secondary N) is 1. The Kier molecular flexibility index (Phi) is 11.4. The highest BCUT2D eigenvalue weighted by Crippen LogP contribution is 2.47. The van der Waals surface area contributed by atoms with Gasteiger partial charge >= 0.3 is 0 Å². The third-order valence-electron chi connectivity index (χ3n) is 6.92. The Morgan fingerprint density at radius 3 is 2.65 bits per heavy atom. The number of nitrogens with zero attached hydrogens (tertiary/aromatic N) is 2. The number of allylic oxidation sites excluding steroid dienone is 4. The Bertz CT molecular complexity index is 1600. The molecule has 12 heteroatoms. The van der Waals surface area contributed by atoms with Gasteiger partial charge in [0.2, 0.25) is 10.0 Å². The number of furan rings is 1. The first-order valence-corrected chi connectivity index (χ1v) is 16.4. The lowest BCUT2D eigenvalue weighted by Crippen LogP contribution is -2.34. The zero-order valence-corrected chi connectivity index (χ0v) is 26.1. The molecule has 4 rings (SSSR count). The van der Waals surface area contributed by atoms with Gasteiger partial charge < -0.3 is 19.2 Å². The number of rotatable bonds is 16. The summed E-state index contributed by atoms with van der Waals surface area (Å²) < 4.78 is 58.0. The summed E-state index contributed by atoms with van der Waals surface area (Å²) in [6, 6.07) is 7.08. The van der Waals surface area contributed by atoms with Gasteiger partial charge in [-0.1, -0.05) is 36.8 Å². The van der Waals surface area contributed by atoms with E-state index in [1.807, 2.05) is 25.1 Å². The predicted octanol–water partition coefficient (Wildman–Crippen LogP) is 6.04. The minimum atomic E-state index is -3.70. The van der Waals surface area contributed by atoms with Gasteiger partial charge in [-0.25, -0.2) is 17.8 Å². The van der Waals surface area contributed by atoms with E-state index in [-0.39, 0.29) is 31.6 Å². The second-order valence-corrected chi connectivity index (χ2v) is 12.5. The molecule has 0 bridgehead atoms. The average Bonchev–Trinajstić information content (AvgIpc) is 3.75. The summed E-state index contributed by atoms with van der Waals surface area (Å²) in [5.74, 6) is 0.122. The van der Waals surface area contributed by atoms with E-state index in [0.717, 1.165) is 30.2 Å². The molecule has 1 aliphatic rings. The molecule has 9 nitrogen and oxygen atoms in total. The summed E-state index contributed by atoms with van der Waals surface area (Å²) in [4.78, 5) is 17.0. The molecular weight excluding hydrogens is 597 g/mol. The third-order valence-corrected chi connectivity index (χ3v) is 8.31. The molecular formula is C31H37ClFN3O6S. The molecule has 43 heavy (non-hydrogen) atoms. The zero-order chi connectivity index (χ0) is 31.0. The van der Waals surface area contributed by atoms with Crippen LogP contribution in [0.15, 0.2) is 53.1 Å². The highest BCUT2D eigenvalue weighted by atomic mass is 35.5. The van der Waals surface area contributed by atoms with Crippen LogP contribution in [0.5, 0.6) is 0 Å². The van der Waals surface area contributed by atoms with Gasteiger partial charge in [0.25, 0.3) is 5.91 Å². The van der Waals surface area contributed by atoms with Crippen molar-refractivity contribution in [1.82, 2.24) is 10.3 Å². The molecule has 1 saturated carbocycles. The Balaban J connectivity index is 1.59. The topological polar surface area (TPSA) is 111 Å². The van der Waals surface area contributed by atoms with Crippen LogP contribution in [0.3, 0.4) is 0 Å². The fourth-order valence-corrected chi connectivity index (χ4v) is 5.94. The molecule has 3 aromatic rings. The van der Waals surface area contributed by atoms with Crippen molar-refractivity contribution in [3.63, 3.8) is 0 Å². The van der Waals surface area contributed by atoms with Gasteiger partial charge in [0.1, 0.15) is 23.2 Å². The third kappa shape index (κ3) is 8.44. The van der Waals surface area contributed by atoms with E-state index in [0.29, 0.717) is 58.3 Å². The van der Waals surface area contributed by atoms with Gasteiger partial charge in [-0.2, -0.15) is 0 Å². The largest absolute Gasteiger partial charge is 0.455 e. The molecule has 1 amide bonds. The lowest BCUT2D eigenvalue weighted by molar-refractivity contribution is 0.0435. The van der Waals surface area contributed by atoms with Crippen LogP contribution in [0, 0.1) is 0 Å². The van der Waals surface area contributed by atoms with Gasteiger partial charge in [-0.15, -0.1) is 0 Å². The van der Waals surface area contributed by atoms with Gasteiger partial charge in [0, 0.05) is 30.3 Å². The van der Waals surface area contributed by atoms with E-state index in [9.17, 15) is 17.6 Å². The number of hydrogen-bond acceptors (Lipinski definition) is 7. The minimum absolute atomic E-state index is 0.0834. The van der Waals surface area contributed by atoms with Crippen molar-refractivity contribution in [3.05, 3.63) is 76.3 Å². The predicted molar refractivity (Wildman–Crippen MR) is 167 cm³/mol. The number of sulfonamides is 1. The molecule has 232 valence electrons. The van der Waals surface area contributed by atoms with Crippen LogP contribution >= 0.6 is 11.6 Å². The Labute approximate surface area is 256 Å². The number of carbonyl (C=O) groups is 1. The van der Waals surface area contributed by atoms with E-state index < -0.39 is 16.7 Å². The fourth-order valence-electron chi connectivity index (χ4n) is 4.82. The number of fused-ring (bicyclic) bond motifs is 1. The Morgan fingerprint density at radius 2 is 2.00 bits per heavy atom. The highest BCUT2D eigenvalue weighted by Gasteiger charge is 2.33. The molecule has 1 aliphatic carbocycles. The molecule has 0 saturated heterocycles. The number of anilines is 1. The van der Waals surface area contributed by atoms with Crippen LogP contribution in [-0.2, 0) is 26.1 Å². The lowest BCUT2D eigenvalue weighted by atomic mass is 10.00. The Hall–Kier alpha value is -3.25. The van der Waals surface area contributed by atoms with Gasteiger partial charge in [0.15, 0.2) is 0 Å². The number of halogens is 2. The first-order chi connectivity index (χ1) is 20.7. The second kappa shape index (κ2) is 15.0. The summed E-state index contributed by atoms with van der Waals surface area (Å²) in [7, 11) is -2.16. The number of amides is 1. The van der Waals surface area contributed by atoms with Crippen molar-refractivity contribution in [3.8, 4) is 0 Å². The maximum absolute atomic E-state index is 13.1. The molecule has 1 aromatic carbocycles. The number of ether oxygens (including phenoxy) is 2. The van der Waals surface area contributed by atoms with Gasteiger partial charge in [-0.05, 0) is 54.5 Å². The van der Waals surface area contributed by atoms with Crippen LogP contribution in [0.4, 0.5) is 10.1 Å². The molecule has 0 aliphatic heterocycles. The standard InChI is InChI=1S/C31H37ClFN3O6S/c1-4-6-23(7-5-11-33)30-29(31(37)34-2)25-18-24(22-8-9-22)26(19-27(25)42-30)36(43(3,38)39)13-14-40-15-16-41-20-21-10-12-35-28(32)17-21/h5-7,10,12,17-19,22H,4,8-9,11,13-16,20H2,1-3H3,(H,34,37)/b7-5-,23-6+. The van der Waals surface area contributed by atoms with E-state index in [2.05, 4.69) is 10.3 Å². The zero-order valence-electron chi connectivity index (χ0n) is 24.6. The monoisotopic (exact) mass is 633 g/mol. The second-order valence-electron chi connectivity index (χ2n) is 10.2. The normalized spacial score (nSPS) is 14.1. The first kappa shape index (κ1) is 32.7. The molecule has 2 aromatic heterocycles. The van der Waals surface area contributed by atoms with E-state index in [4.69, 9.17) is 25.5 Å². The van der Waals surface area contributed by atoms with Crippen LogP contribution in [0.25, 0.3) is 16.5 Å². The van der Waals surface area contributed by atoms with Gasteiger partial charge in [0.05, 0.1) is 50.5 Å². The van der Waals surface area contributed by atoms with Crippen LogP contribution in [-0.4, -0.2) is 65.7 Å². The highest BCUT2D eigenvalue weighted by molar-refractivity contribution is 7.92. The quantitative estimate of drug-likeness (QED) is 0.116. The van der Waals surface area contributed by atoms with Gasteiger partial charge in [-0.3, -0.25) is 9.10 Å². The smallest absolute Gasteiger partial charge is 0.255 e. The number of aromatic nitrogens is 1. The SMILES string of the molecule is CC/C=C(\C=C/CF)c1oc2cc(N(CCOCCOCc3ccnc(Cl)c3)S(C)(=O)=O)c(C3CC3)cc2c1C(=O)NC. The lowest BCUT2D eigenvalue weighted by Gasteiger charge is -2.25. The molecule has 1 fully saturated rings. The van der Waals surface area contributed by atoms with Crippen molar-refractivity contribution >= 4 is 49.8 Å². The number of hydrogen-bond donors (Lipinski definition) is 1. The van der Waals surface area contributed by atoms with E-state index in [1.54, 1.807) is 24.4 Å². The van der Waals surface area contributed by atoms with Crippen molar-refractivity contribution in [2.24, 2.45) is 0 Å². The van der Waals surface area contributed by atoms with Crippen molar-refractivity contribution < 1.29 is 31.5 Å². The summed E-state index contributed by atoms with van der Waals surface area (Å²) in [5, 5.41) is 3.64. The van der Waals surface area contributed by atoms with Crippen LogP contribution < -0.4 is 9.62 Å². The molecule has 0 unspecified atom stereocenters. The summed E-state index contributed by atoms with van der Waals surface area (Å²) >= 11 is 5.90. The summed E-state index contributed by atoms with van der Waals surface area (Å²) in [5.41, 5.74) is 3.49. The summed E-state index contributed by atoms with van der Waals surface area (Å²) in [6.45, 7) is 2.45. The maximum Gasteiger partial charge on any atom is 0.255 e. The number of carbonyl (C=O) groups excluding carboxylic acids is 1. The van der Waals surface area contributed by atoms with Crippen LogP contribution in [0.2, 0.25) is 5.15 Å². The summed E-state index contributed by atoms with van der Waals surface area (Å²) in [6.07, 6.45) is 10.0. The van der Waals surface area contributed by atoms with Crippen molar-refractivity contribution in [1.29, 1.82) is 0 Å². The van der Waals surface area contributed by atoms with Crippen molar-refractivity contribution in [2.75, 3.05) is 50.6 Å². The van der Waals surface area contributed by atoms with E-state index >= 15 is 0 Å². The molecule has 2 heterocycles. The minimum Gasteiger partial charge on any atom is -0.455 e. The number of alkyl halides is 1.